The number of carbonyl (C=O) groups excluding carboxylic acids is 1. The topological polar surface area (TPSA) is 57.6 Å². The van der Waals surface area contributed by atoms with Crippen LogP contribution in [0.25, 0.3) is 0 Å². The molecule has 1 saturated carbocycles. The van der Waals surface area contributed by atoms with Crippen molar-refractivity contribution >= 4 is 11.9 Å². The Morgan fingerprint density at radius 3 is 2.31 bits per heavy atom. The van der Waals surface area contributed by atoms with E-state index in [2.05, 4.69) is 0 Å². The Labute approximate surface area is 77.5 Å². The molecule has 1 N–H and O–H groups in total. The second-order valence-electron chi connectivity index (χ2n) is 3.89. The Morgan fingerprint density at radius 2 is 2.00 bits per heavy atom. The van der Waals surface area contributed by atoms with E-state index >= 15 is 0 Å². The molecular formula is C9H15NO3. The Hall–Kier alpha value is -1.06. The second-order valence-corrected chi connectivity index (χ2v) is 3.89. The monoisotopic (exact) mass is 185 g/mol. The number of carbonyl (C=O) groups is 2. The highest BCUT2D eigenvalue weighted by Gasteiger charge is 2.35. The molecule has 0 aliphatic heterocycles. The van der Waals surface area contributed by atoms with E-state index in [1.54, 1.807) is 0 Å². The maximum absolute atomic E-state index is 11.2. The highest BCUT2D eigenvalue weighted by atomic mass is 16.4. The zero-order valence-corrected chi connectivity index (χ0v) is 7.99. The number of aliphatic carboxylic acids is 1. The minimum absolute atomic E-state index is 0.186. The van der Waals surface area contributed by atoms with Gasteiger partial charge in [-0.25, -0.2) is 4.79 Å². The third-order valence-electron chi connectivity index (χ3n) is 1.99. The molecule has 1 fully saturated rings. The lowest BCUT2D eigenvalue weighted by atomic mass is 10.2. The van der Waals surface area contributed by atoms with Crippen molar-refractivity contribution < 1.29 is 14.7 Å². The summed E-state index contributed by atoms with van der Waals surface area (Å²) < 4.78 is 0. The molecule has 0 unspecified atom stereocenters. The predicted molar refractivity (Wildman–Crippen MR) is 47.2 cm³/mol. The first kappa shape index (κ1) is 10.0. The molecule has 0 aromatic heterocycles. The molecule has 1 amide bonds. The quantitative estimate of drug-likeness (QED) is 0.659. The molecule has 0 bridgehead atoms. The Morgan fingerprint density at radius 1 is 1.46 bits per heavy atom. The minimum atomic E-state index is -1.34. The minimum Gasteiger partial charge on any atom is -0.474 e. The van der Waals surface area contributed by atoms with E-state index in [0.29, 0.717) is 12.5 Å². The van der Waals surface area contributed by atoms with E-state index in [9.17, 15) is 9.59 Å². The SMILES string of the molecule is CC(C)CN(C(=O)C(=O)O)C1CC1. The average molecular weight is 185 g/mol. The molecule has 0 heterocycles. The number of carboxylic acids is 1. The third-order valence-corrected chi connectivity index (χ3v) is 1.99. The molecule has 4 nitrogen and oxygen atoms in total. The summed E-state index contributed by atoms with van der Waals surface area (Å²) in [5, 5.41) is 8.55. The van der Waals surface area contributed by atoms with Gasteiger partial charge >= 0.3 is 11.9 Å². The Kier molecular flexibility index (Phi) is 2.90. The molecular weight excluding hydrogens is 170 g/mol. The van der Waals surface area contributed by atoms with E-state index in [1.807, 2.05) is 13.8 Å². The lowest BCUT2D eigenvalue weighted by Gasteiger charge is -2.21. The molecule has 4 heteroatoms. The first-order valence-electron chi connectivity index (χ1n) is 4.56. The zero-order chi connectivity index (χ0) is 10.0. The van der Waals surface area contributed by atoms with Gasteiger partial charge in [0, 0.05) is 12.6 Å². The summed E-state index contributed by atoms with van der Waals surface area (Å²) in [5.41, 5.74) is 0. The number of hydrogen-bond donors (Lipinski definition) is 1. The molecule has 74 valence electrons. The van der Waals surface area contributed by atoms with Gasteiger partial charge in [-0.3, -0.25) is 4.79 Å². The van der Waals surface area contributed by atoms with Crippen molar-refractivity contribution in [1.29, 1.82) is 0 Å². The molecule has 0 spiro atoms. The fourth-order valence-electron chi connectivity index (χ4n) is 1.30. The van der Waals surface area contributed by atoms with Crippen LogP contribution in [-0.2, 0) is 9.59 Å². The van der Waals surface area contributed by atoms with Crippen molar-refractivity contribution in [3.05, 3.63) is 0 Å². The number of amides is 1. The summed E-state index contributed by atoms with van der Waals surface area (Å²) in [4.78, 5) is 23.1. The summed E-state index contributed by atoms with van der Waals surface area (Å²) in [6.07, 6.45) is 1.90. The van der Waals surface area contributed by atoms with Crippen LogP contribution in [0.15, 0.2) is 0 Å². The van der Waals surface area contributed by atoms with Gasteiger partial charge in [0.25, 0.3) is 0 Å². The van der Waals surface area contributed by atoms with Crippen molar-refractivity contribution in [2.24, 2.45) is 5.92 Å². The van der Waals surface area contributed by atoms with Gasteiger partial charge in [0.2, 0.25) is 0 Å². The molecule has 1 aliphatic carbocycles. The lowest BCUT2D eigenvalue weighted by molar-refractivity contribution is -0.156. The number of rotatable bonds is 3. The normalized spacial score (nSPS) is 15.9. The summed E-state index contributed by atoms with van der Waals surface area (Å²) in [6.45, 7) is 4.50. The van der Waals surface area contributed by atoms with Crippen molar-refractivity contribution in [2.75, 3.05) is 6.54 Å². The molecule has 1 aliphatic rings. The van der Waals surface area contributed by atoms with Crippen LogP contribution in [0.3, 0.4) is 0 Å². The van der Waals surface area contributed by atoms with Gasteiger partial charge in [0.05, 0.1) is 0 Å². The third kappa shape index (κ3) is 2.72. The summed E-state index contributed by atoms with van der Waals surface area (Å²) >= 11 is 0. The number of hydrogen-bond acceptors (Lipinski definition) is 2. The molecule has 0 aromatic rings. The fraction of sp³-hybridized carbons (Fsp3) is 0.778. The first-order valence-corrected chi connectivity index (χ1v) is 4.56. The number of nitrogens with zero attached hydrogens (tertiary/aromatic N) is 1. The van der Waals surface area contributed by atoms with Gasteiger partial charge in [-0.2, -0.15) is 0 Å². The van der Waals surface area contributed by atoms with Crippen LogP contribution in [-0.4, -0.2) is 34.5 Å². The van der Waals surface area contributed by atoms with E-state index in [0.717, 1.165) is 12.8 Å². The molecule has 13 heavy (non-hydrogen) atoms. The molecule has 0 aromatic carbocycles. The van der Waals surface area contributed by atoms with Crippen LogP contribution in [0.4, 0.5) is 0 Å². The van der Waals surface area contributed by atoms with Gasteiger partial charge in [0.1, 0.15) is 0 Å². The Balaban J connectivity index is 2.56. The largest absolute Gasteiger partial charge is 0.474 e. The number of carboxylic acid groups (broad SMARTS) is 1. The van der Waals surface area contributed by atoms with Crippen LogP contribution in [0, 0.1) is 5.92 Å². The highest BCUT2D eigenvalue weighted by molar-refractivity contribution is 6.31. The van der Waals surface area contributed by atoms with E-state index < -0.39 is 11.9 Å². The summed E-state index contributed by atoms with van der Waals surface area (Å²) in [7, 11) is 0. The fourth-order valence-corrected chi connectivity index (χ4v) is 1.30. The molecule has 0 radical (unpaired) electrons. The Bertz CT molecular complexity index is 221. The van der Waals surface area contributed by atoms with Gasteiger partial charge in [0.15, 0.2) is 0 Å². The standard InChI is InChI=1S/C9H15NO3/c1-6(2)5-10(7-3-4-7)8(11)9(12)13/h6-7H,3-5H2,1-2H3,(H,12,13). The van der Waals surface area contributed by atoms with Gasteiger partial charge in [-0.05, 0) is 18.8 Å². The van der Waals surface area contributed by atoms with Crippen molar-refractivity contribution in [2.45, 2.75) is 32.7 Å². The van der Waals surface area contributed by atoms with Crippen molar-refractivity contribution in [1.82, 2.24) is 4.90 Å². The van der Waals surface area contributed by atoms with Crippen LogP contribution < -0.4 is 0 Å². The first-order chi connectivity index (χ1) is 6.02. The predicted octanol–water partition coefficient (Wildman–Crippen LogP) is 0.718. The lowest BCUT2D eigenvalue weighted by Crippen LogP contribution is -2.40. The highest BCUT2D eigenvalue weighted by Crippen LogP contribution is 2.27. The molecule has 1 rings (SSSR count). The molecule has 0 saturated heterocycles. The van der Waals surface area contributed by atoms with Crippen molar-refractivity contribution in [3.63, 3.8) is 0 Å². The van der Waals surface area contributed by atoms with Gasteiger partial charge in [-0.1, -0.05) is 13.8 Å². The summed E-state index contributed by atoms with van der Waals surface area (Å²) in [6, 6.07) is 0.186. The van der Waals surface area contributed by atoms with Gasteiger partial charge < -0.3 is 10.0 Å². The van der Waals surface area contributed by atoms with Crippen LogP contribution in [0.2, 0.25) is 0 Å². The van der Waals surface area contributed by atoms with Crippen LogP contribution in [0.1, 0.15) is 26.7 Å². The average Bonchev–Trinajstić information content (AvgIpc) is 2.80. The summed E-state index contributed by atoms with van der Waals surface area (Å²) in [5.74, 6) is -1.77. The second kappa shape index (κ2) is 3.77. The van der Waals surface area contributed by atoms with Crippen LogP contribution in [0.5, 0.6) is 0 Å². The van der Waals surface area contributed by atoms with Crippen LogP contribution >= 0.6 is 0 Å². The zero-order valence-electron chi connectivity index (χ0n) is 7.99. The molecule has 0 atom stereocenters. The van der Waals surface area contributed by atoms with E-state index in [-0.39, 0.29) is 6.04 Å². The van der Waals surface area contributed by atoms with Crippen molar-refractivity contribution in [3.8, 4) is 0 Å². The van der Waals surface area contributed by atoms with E-state index in [1.165, 1.54) is 4.90 Å². The van der Waals surface area contributed by atoms with E-state index in [4.69, 9.17) is 5.11 Å². The van der Waals surface area contributed by atoms with Gasteiger partial charge in [-0.15, -0.1) is 0 Å². The smallest absolute Gasteiger partial charge is 0.394 e. The maximum atomic E-state index is 11.2. The maximum Gasteiger partial charge on any atom is 0.394 e.